The van der Waals surface area contributed by atoms with E-state index in [2.05, 4.69) is 5.32 Å². The van der Waals surface area contributed by atoms with Crippen LogP contribution in [0.2, 0.25) is 5.02 Å². The number of hydrogen-bond donors (Lipinski definition) is 1. The Morgan fingerprint density at radius 2 is 1.79 bits per heavy atom. The van der Waals surface area contributed by atoms with Gasteiger partial charge >= 0.3 is 6.03 Å². The largest absolute Gasteiger partial charge is 0.335 e. The van der Waals surface area contributed by atoms with Gasteiger partial charge in [0.15, 0.2) is 0 Å². The second-order valence-electron chi connectivity index (χ2n) is 5.35. The highest BCUT2D eigenvalue weighted by Crippen LogP contribution is 2.23. The molecule has 1 fully saturated rings. The number of barbiturate groups is 1. The molecule has 0 spiro atoms. The maximum Gasteiger partial charge on any atom is 0.335 e. The number of amides is 4. The predicted molar refractivity (Wildman–Crippen MR) is 91.6 cm³/mol. The van der Waals surface area contributed by atoms with Crippen LogP contribution < -0.4 is 10.2 Å². The van der Waals surface area contributed by atoms with Crippen LogP contribution in [0.5, 0.6) is 0 Å². The zero-order valence-electron chi connectivity index (χ0n) is 12.7. The van der Waals surface area contributed by atoms with Gasteiger partial charge < -0.3 is 0 Å². The van der Waals surface area contributed by atoms with Crippen molar-refractivity contribution in [3.05, 3.63) is 70.3 Å². The lowest BCUT2D eigenvalue weighted by Gasteiger charge is -2.26. The van der Waals surface area contributed by atoms with Crippen molar-refractivity contribution in [3.8, 4) is 0 Å². The van der Waals surface area contributed by atoms with E-state index in [4.69, 9.17) is 11.6 Å². The molecule has 1 heterocycles. The second-order valence-corrected chi connectivity index (χ2v) is 5.79. The number of nitrogens with one attached hydrogen (secondary N) is 1. The molecule has 0 aromatic heterocycles. The van der Waals surface area contributed by atoms with E-state index < -0.39 is 17.8 Å². The van der Waals surface area contributed by atoms with E-state index in [1.165, 1.54) is 6.08 Å². The summed E-state index contributed by atoms with van der Waals surface area (Å²) in [5.74, 6) is -1.40. The number of imide groups is 2. The van der Waals surface area contributed by atoms with E-state index in [1.54, 1.807) is 42.5 Å². The Morgan fingerprint density at radius 1 is 1.04 bits per heavy atom. The molecule has 3 rings (SSSR count). The average molecular weight is 341 g/mol. The molecular formula is C18H13ClN2O3. The molecule has 6 heteroatoms. The van der Waals surface area contributed by atoms with Crippen LogP contribution in [-0.2, 0) is 9.59 Å². The quantitative estimate of drug-likeness (QED) is 0.673. The Labute approximate surface area is 143 Å². The van der Waals surface area contributed by atoms with Crippen molar-refractivity contribution in [3.63, 3.8) is 0 Å². The van der Waals surface area contributed by atoms with Crippen LogP contribution in [0.3, 0.4) is 0 Å². The van der Waals surface area contributed by atoms with Crippen molar-refractivity contribution < 1.29 is 14.4 Å². The maximum atomic E-state index is 12.7. The minimum absolute atomic E-state index is 0.127. The first-order valence-electron chi connectivity index (χ1n) is 7.19. The highest BCUT2D eigenvalue weighted by molar-refractivity contribution is 6.39. The van der Waals surface area contributed by atoms with E-state index in [9.17, 15) is 14.4 Å². The van der Waals surface area contributed by atoms with Crippen LogP contribution in [0.1, 0.15) is 11.1 Å². The van der Waals surface area contributed by atoms with Crippen LogP contribution >= 0.6 is 11.6 Å². The van der Waals surface area contributed by atoms with Crippen LogP contribution in [-0.4, -0.2) is 17.8 Å². The van der Waals surface area contributed by atoms with E-state index in [-0.39, 0.29) is 5.57 Å². The van der Waals surface area contributed by atoms with Crippen LogP contribution in [0, 0.1) is 6.92 Å². The van der Waals surface area contributed by atoms with E-state index in [0.717, 1.165) is 10.5 Å². The van der Waals surface area contributed by atoms with Gasteiger partial charge in [0.25, 0.3) is 11.8 Å². The molecule has 4 amide bonds. The topological polar surface area (TPSA) is 66.5 Å². The first-order chi connectivity index (χ1) is 11.5. The standard InChI is InChI=1S/C18H13ClN2O3/c1-11-4-2-7-14(8-11)21-17(23)15(16(22)20-18(21)24)10-12-5-3-6-13(19)9-12/h2-10H,1H3,(H,20,22,24)/b15-10+. The van der Waals surface area contributed by atoms with Gasteiger partial charge in [-0.1, -0.05) is 35.9 Å². The summed E-state index contributed by atoms with van der Waals surface area (Å²) in [4.78, 5) is 37.8. The van der Waals surface area contributed by atoms with Crippen molar-refractivity contribution in [2.75, 3.05) is 4.90 Å². The number of halogens is 1. The number of urea groups is 1. The molecule has 1 aliphatic rings. The number of rotatable bonds is 2. The lowest BCUT2D eigenvalue weighted by atomic mass is 10.1. The summed E-state index contributed by atoms with van der Waals surface area (Å²) in [5, 5.41) is 2.67. The lowest BCUT2D eigenvalue weighted by molar-refractivity contribution is -0.122. The molecule has 1 aliphatic heterocycles. The van der Waals surface area contributed by atoms with Crippen LogP contribution in [0.15, 0.2) is 54.1 Å². The SMILES string of the molecule is Cc1cccc(N2C(=O)NC(=O)/C(=C\c3cccc(Cl)c3)C2=O)c1. The van der Waals surface area contributed by atoms with Gasteiger partial charge in [-0.25, -0.2) is 9.69 Å². The Kier molecular flexibility index (Phi) is 4.18. The molecule has 0 aliphatic carbocycles. The van der Waals surface area contributed by atoms with Crippen molar-refractivity contribution in [2.24, 2.45) is 0 Å². The van der Waals surface area contributed by atoms with E-state index in [0.29, 0.717) is 16.3 Å². The van der Waals surface area contributed by atoms with Gasteiger partial charge in [-0.3, -0.25) is 14.9 Å². The molecule has 0 unspecified atom stereocenters. The summed E-state index contributed by atoms with van der Waals surface area (Å²) in [6, 6.07) is 12.9. The fourth-order valence-corrected chi connectivity index (χ4v) is 2.62. The average Bonchev–Trinajstić information content (AvgIpc) is 2.51. The summed E-state index contributed by atoms with van der Waals surface area (Å²) in [5.41, 5.74) is 1.77. The molecule has 1 saturated heterocycles. The molecule has 2 aromatic rings. The minimum atomic E-state index is -0.765. The minimum Gasteiger partial charge on any atom is -0.273 e. The van der Waals surface area contributed by atoms with Crippen LogP contribution in [0.4, 0.5) is 10.5 Å². The van der Waals surface area contributed by atoms with Gasteiger partial charge in [-0.2, -0.15) is 0 Å². The Bertz CT molecular complexity index is 889. The van der Waals surface area contributed by atoms with Crippen molar-refractivity contribution in [1.82, 2.24) is 5.32 Å². The maximum absolute atomic E-state index is 12.7. The van der Waals surface area contributed by atoms with Gasteiger partial charge in [0, 0.05) is 5.02 Å². The Balaban J connectivity index is 2.03. The zero-order chi connectivity index (χ0) is 17.3. The molecule has 2 aromatic carbocycles. The molecule has 24 heavy (non-hydrogen) atoms. The van der Waals surface area contributed by atoms with Crippen molar-refractivity contribution in [1.29, 1.82) is 0 Å². The van der Waals surface area contributed by atoms with Crippen molar-refractivity contribution in [2.45, 2.75) is 6.92 Å². The fourth-order valence-electron chi connectivity index (χ4n) is 2.42. The monoisotopic (exact) mass is 340 g/mol. The molecule has 120 valence electrons. The lowest BCUT2D eigenvalue weighted by Crippen LogP contribution is -2.54. The molecule has 0 radical (unpaired) electrons. The first kappa shape index (κ1) is 16.0. The summed E-state index contributed by atoms with van der Waals surface area (Å²) in [7, 11) is 0. The summed E-state index contributed by atoms with van der Waals surface area (Å²) in [6.45, 7) is 1.85. The van der Waals surface area contributed by atoms with Gasteiger partial charge in [0.1, 0.15) is 5.57 Å². The highest BCUT2D eigenvalue weighted by atomic mass is 35.5. The number of benzene rings is 2. The number of anilines is 1. The summed E-state index contributed by atoms with van der Waals surface area (Å²) in [6.07, 6.45) is 1.42. The second kappa shape index (κ2) is 6.29. The summed E-state index contributed by atoms with van der Waals surface area (Å²) >= 11 is 5.92. The zero-order valence-corrected chi connectivity index (χ0v) is 13.5. The normalized spacial score (nSPS) is 16.5. The van der Waals surface area contributed by atoms with E-state index in [1.807, 2.05) is 13.0 Å². The fraction of sp³-hybridized carbons (Fsp3) is 0.0556. The third kappa shape index (κ3) is 3.07. The number of carbonyl (C=O) groups excluding carboxylic acids is 3. The Morgan fingerprint density at radius 3 is 2.50 bits per heavy atom. The smallest absolute Gasteiger partial charge is 0.273 e. The molecule has 0 bridgehead atoms. The predicted octanol–water partition coefficient (Wildman–Crippen LogP) is 3.31. The molecule has 1 N–H and O–H groups in total. The third-order valence-corrected chi connectivity index (χ3v) is 3.76. The number of hydrogen-bond acceptors (Lipinski definition) is 3. The number of carbonyl (C=O) groups is 3. The highest BCUT2D eigenvalue weighted by Gasteiger charge is 2.36. The van der Waals surface area contributed by atoms with Gasteiger partial charge in [0.05, 0.1) is 5.69 Å². The first-order valence-corrected chi connectivity index (χ1v) is 7.57. The third-order valence-electron chi connectivity index (χ3n) is 3.52. The van der Waals surface area contributed by atoms with Gasteiger partial charge in [-0.15, -0.1) is 0 Å². The molecule has 5 nitrogen and oxygen atoms in total. The van der Waals surface area contributed by atoms with Gasteiger partial charge in [0.2, 0.25) is 0 Å². The number of aryl methyl sites for hydroxylation is 1. The molecule has 0 atom stereocenters. The van der Waals surface area contributed by atoms with Crippen molar-refractivity contribution >= 4 is 41.2 Å². The summed E-state index contributed by atoms with van der Waals surface area (Å²) < 4.78 is 0. The number of nitrogens with zero attached hydrogens (tertiary/aromatic N) is 1. The molecular weight excluding hydrogens is 328 g/mol. The van der Waals surface area contributed by atoms with E-state index >= 15 is 0 Å². The molecule has 0 saturated carbocycles. The van der Waals surface area contributed by atoms with Crippen LogP contribution in [0.25, 0.3) is 6.08 Å². The Hall–Kier alpha value is -2.92. The van der Waals surface area contributed by atoms with Gasteiger partial charge in [-0.05, 0) is 48.4 Å².